The van der Waals surface area contributed by atoms with E-state index in [1.807, 2.05) is 0 Å². The van der Waals surface area contributed by atoms with Crippen LogP contribution in [-0.2, 0) is 27.2 Å². The molecule has 0 aliphatic heterocycles. The lowest BCUT2D eigenvalue weighted by molar-refractivity contribution is 0.0107. The highest BCUT2D eigenvalue weighted by Crippen LogP contribution is 2.07. The van der Waals surface area contributed by atoms with Crippen LogP contribution in [0.4, 0.5) is 0 Å². The summed E-state index contributed by atoms with van der Waals surface area (Å²) < 4.78 is 16.3. The van der Waals surface area contributed by atoms with Crippen LogP contribution in [0.2, 0.25) is 0 Å². The predicted octanol–water partition coefficient (Wildman–Crippen LogP) is 3.21. The molecule has 0 bridgehead atoms. The van der Waals surface area contributed by atoms with Crippen molar-refractivity contribution in [1.82, 2.24) is 0 Å². The van der Waals surface area contributed by atoms with E-state index in [9.17, 15) is 0 Å². The Morgan fingerprint density at radius 1 is 0.789 bits per heavy atom. The zero-order valence-electron chi connectivity index (χ0n) is 12.2. The molecule has 0 fully saturated rings. The summed E-state index contributed by atoms with van der Waals surface area (Å²) >= 11 is 0. The monoisotopic (exact) mass is 266 g/mol. The second-order valence-corrected chi connectivity index (χ2v) is 4.45. The van der Waals surface area contributed by atoms with Crippen molar-refractivity contribution in [2.45, 2.75) is 33.3 Å². The van der Waals surface area contributed by atoms with Gasteiger partial charge in [0.1, 0.15) is 0 Å². The van der Waals surface area contributed by atoms with Gasteiger partial charge in [0.2, 0.25) is 0 Å². The van der Waals surface area contributed by atoms with Gasteiger partial charge < -0.3 is 14.2 Å². The molecule has 0 radical (unpaired) electrons. The van der Waals surface area contributed by atoms with Crippen molar-refractivity contribution in [3.05, 3.63) is 35.4 Å². The first kappa shape index (κ1) is 16.2. The molecule has 1 aromatic carbocycles. The molecule has 0 saturated heterocycles. The Hall–Kier alpha value is -0.900. The second kappa shape index (κ2) is 11.0. The molecule has 0 aliphatic rings. The SMILES string of the molecule is CCCOCCOCCOCc1cccc(CC)c1. The topological polar surface area (TPSA) is 27.7 Å². The molecule has 0 aliphatic carbocycles. The number of hydrogen-bond acceptors (Lipinski definition) is 3. The maximum Gasteiger partial charge on any atom is 0.0718 e. The molecular weight excluding hydrogens is 240 g/mol. The molecule has 108 valence electrons. The first-order valence-corrected chi connectivity index (χ1v) is 7.17. The van der Waals surface area contributed by atoms with Gasteiger partial charge in [-0.05, 0) is 24.0 Å². The minimum absolute atomic E-state index is 0.628. The molecule has 0 saturated carbocycles. The van der Waals surface area contributed by atoms with Crippen molar-refractivity contribution in [3.63, 3.8) is 0 Å². The lowest BCUT2D eigenvalue weighted by atomic mass is 10.1. The quantitative estimate of drug-likeness (QED) is 0.576. The standard InChI is InChI=1S/C16H26O3/c1-3-8-17-9-10-18-11-12-19-14-16-7-5-6-15(4-2)13-16/h5-7,13H,3-4,8-12,14H2,1-2H3. The third-order valence-electron chi connectivity index (χ3n) is 2.76. The zero-order valence-corrected chi connectivity index (χ0v) is 12.2. The molecule has 1 rings (SSSR count). The molecule has 1 aromatic rings. The van der Waals surface area contributed by atoms with Crippen molar-refractivity contribution < 1.29 is 14.2 Å². The third kappa shape index (κ3) is 7.98. The first-order chi connectivity index (χ1) is 9.36. The molecule has 3 heteroatoms. The molecule has 0 N–H and O–H groups in total. The Kier molecular flexibility index (Phi) is 9.33. The van der Waals surface area contributed by atoms with Gasteiger partial charge in [0.15, 0.2) is 0 Å². The van der Waals surface area contributed by atoms with E-state index in [0.717, 1.165) is 19.4 Å². The van der Waals surface area contributed by atoms with E-state index >= 15 is 0 Å². The van der Waals surface area contributed by atoms with Crippen molar-refractivity contribution in [3.8, 4) is 0 Å². The van der Waals surface area contributed by atoms with Gasteiger partial charge in [-0.25, -0.2) is 0 Å². The van der Waals surface area contributed by atoms with Crippen LogP contribution in [-0.4, -0.2) is 33.0 Å². The van der Waals surface area contributed by atoms with Crippen LogP contribution in [0.1, 0.15) is 31.4 Å². The summed E-state index contributed by atoms with van der Waals surface area (Å²) in [4.78, 5) is 0. The van der Waals surface area contributed by atoms with Crippen LogP contribution in [0.25, 0.3) is 0 Å². The Morgan fingerprint density at radius 2 is 1.42 bits per heavy atom. The Labute approximate surface area is 116 Å². The number of hydrogen-bond donors (Lipinski definition) is 0. The average Bonchev–Trinajstić information content (AvgIpc) is 2.46. The molecule has 0 atom stereocenters. The van der Waals surface area contributed by atoms with Crippen molar-refractivity contribution in [1.29, 1.82) is 0 Å². The maximum atomic E-state index is 5.58. The van der Waals surface area contributed by atoms with E-state index < -0.39 is 0 Å². The van der Waals surface area contributed by atoms with Gasteiger partial charge in [-0.1, -0.05) is 38.1 Å². The third-order valence-corrected chi connectivity index (χ3v) is 2.76. The Bertz CT molecular complexity index is 326. The van der Waals surface area contributed by atoms with E-state index in [0.29, 0.717) is 33.0 Å². The van der Waals surface area contributed by atoms with Crippen LogP contribution in [0.3, 0.4) is 0 Å². The largest absolute Gasteiger partial charge is 0.379 e. The summed E-state index contributed by atoms with van der Waals surface area (Å²) in [6.45, 7) is 8.31. The highest BCUT2D eigenvalue weighted by molar-refractivity contribution is 5.22. The second-order valence-electron chi connectivity index (χ2n) is 4.45. The zero-order chi connectivity index (χ0) is 13.8. The van der Waals surface area contributed by atoms with E-state index in [4.69, 9.17) is 14.2 Å². The highest BCUT2D eigenvalue weighted by Gasteiger charge is 1.95. The van der Waals surface area contributed by atoms with E-state index in [2.05, 4.69) is 38.1 Å². The van der Waals surface area contributed by atoms with Gasteiger partial charge in [0, 0.05) is 6.61 Å². The van der Waals surface area contributed by atoms with Gasteiger partial charge >= 0.3 is 0 Å². The van der Waals surface area contributed by atoms with Gasteiger partial charge in [-0.3, -0.25) is 0 Å². The smallest absolute Gasteiger partial charge is 0.0718 e. The van der Waals surface area contributed by atoms with Crippen molar-refractivity contribution >= 4 is 0 Å². The van der Waals surface area contributed by atoms with Crippen LogP contribution in [0.15, 0.2) is 24.3 Å². The highest BCUT2D eigenvalue weighted by atomic mass is 16.5. The molecule has 19 heavy (non-hydrogen) atoms. The predicted molar refractivity (Wildman–Crippen MR) is 77.4 cm³/mol. The summed E-state index contributed by atoms with van der Waals surface area (Å²) in [7, 11) is 0. The minimum atomic E-state index is 0.628. The summed E-state index contributed by atoms with van der Waals surface area (Å²) in [6, 6.07) is 8.51. The summed E-state index contributed by atoms with van der Waals surface area (Å²) in [5.41, 5.74) is 2.58. The lowest BCUT2D eigenvalue weighted by Crippen LogP contribution is -2.09. The molecular formula is C16H26O3. The van der Waals surface area contributed by atoms with E-state index in [1.165, 1.54) is 11.1 Å². The van der Waals surface area contributed by atoms with Crippen LogP contribution in [0.5, 0.6) is 0 Å². The summed E-state index contributed by atoms with van der Waals surface area (Å²) in [5, 5.41) is 0. The molecule has 0 unspecified atom stereocenters. The molecule has 0 aromatic heterocycles. The van der Waals surface area contributed by atoms with Crippen LogP contribution >= 0.6 is 0 Å². The average molecular weight is 266 g/mol. The summed E-state index contributed by atoms with van der Waals surface area (Å²) in [5.74, 6) is 0. The first-order valence-electron chi connectivity index (χ1n) is 7.17. The Balaban J connectivity index is 1.98. The van der Waals surface area contributed by atoms with Crippen molar-refractivity contribution in [2.75, 3.05) is 33.0 Å². The summed E-state index contributed by atoms with van der Waals surface area (Å²) in [6.07, 6.45) is 2.12. The maximum absolute atomic E-state index is 5.58. The molecule has 3 nitrogen and oxygen atoms in total. The number of rotatable bonds is 11. The van der Waals surface area contributed by atoms with Gasteiger partial charge in [-0.15, -0.1) is 0 Å². The van der Waals surface area contributed by atoms with Crippen LogP contribution in [0, 0.1) is 0 Å². The number of benzene rings is 1. The molecule has 0 amide bonds. The minimum Gasteiger partial charge on any atom is -0.379 e. The fourth-order valence-electron chi connectivity index (χ4n) is 1.71. The molecule has 0 heterocycles. The fraction of sp³-hybridized carbons (Fsp3) is 0.625. The van der Waals surface area contributed by atoms with Gasteiger partial charge in [0.05, 0.1) is 33.0 Å². The van der Waals surface area contributed by atoms with Crippen LogP contribution < -0.4 is 0 Å². The van der Waals surface area contributed by atoms with E-state index in [1.54, 1.807) is 0 Å². The van der Waals surface area contributed by atoms with Crippen molar-refractivity contribution in [2.24, 2.45) is 0 Å². The van der Waals surface area contributed by atoms with Gasteiger partial charge in [-0.2, -0.15) is 0 Å². The molecule has 0 spiro atoms. The van der Waals surface area contributed by atoms with Gasteiger partial charge in [0.25, 0.3) is 0 Å². The van der Waals surface area contributed by atoms with E-state index in [-0.39, 0.29) is 0 Å². The Morgan fingerprint density at radius 3 is 2.11 bits per heavy atom. The normalized spacial score (nSPS) is 10.8. The number of aryl methyl sites for hydroxylation is 1. The number of ether oxygens (including phenoxy) is 3. The fourth-order valence-corrected chi connectivity index (χ4v) is 1.71. The lowest BCUT2D eigenvalue weighted by Gasteiger charge is -2.07.